The molecular weight excluding hydrogens is 258 g/mol. The lowest BCUT2D eigenvalue weighted by atomic mass is 9.92. The Hall–Kier alpha value is -2.09. The van der Waals surface area contributed by atoms with Crippen LogP contribution in [-0.2, 0) is 0 Å². The van der Waals surface area contributed by atoms with Crippen LogP contribution in [0.5, 0.6) is 0 Å². The number of hydrogen-bond acceptors (Lipinski definition) is 2. The molecule has 0 saturated heterocycles. The van der Waals surface area contributed by atoms with E-state index < -0.39 is 0 Å². The van der Waals surface area contributed by atoms with Gasteiger partial charge in [-0.3, -0.25) is 4.79 Å². The molecule has 0 heterocycles. The van der Waals surface area contributed by atoms with Crippen molar-refractivity contribution in [3.05, 3.63) is 69.9 Å². The summed E-state index contributed by atoms with van der Waals surface area (Å²) in [6.45, 7) is 8.70. The Morgan fingerprint density at radius 3 is 1.90 bits per heavy atom. The van der Waals surface area contributed by atoms with Gasteiger partial charge in [0.25, 0.3) is 0 Å². The van der Waals surface area contributed by atoms with Gasteiger partial charge in [-0.25, -0.2) is 0 Å². The van der Waals surface area contributed by atoms with Gasteiger partial charge in [0.1, 0.15) is 0 Å². The third-order valence-corrected chi connectivity index (χ3v) is 3.63. The lowest BCUT2D eigenvalue weighted by Crippen LogP contribution is -2.09. The summed E-state index contributed by atoms with van der Waals surface area (Å²) in [4.78, 5) is 12.1. The first kappa shape index (κ1) is 15.3. The maximum Gasteiger partial charge on any atom is 0.201 e. The SMILES string of the molecule is CC(C)c1cccc(C(C)C)c1Nc1cccccc1=O. The van der Waals surface area contributed by atoms with Crippen molar-refractivity contribution in [2.24, 2.45) is 0 Å². The Kier molecular flexibility index (Phi) is 4.79. The van der Waals surface area contributed by atoms with E-state index in [1.54, 1.807) is 12.1 Å². The second kappa shape index (κ2) is 6.57. The molecule has 0 aromatic heterocycles. The van der Waals surface area contributed by atoms with Crippen LogP contribution in [0.2, 0.25) is 0 Å². The summed E-state index contributed by atoms with van der Waals surface area (Å²) in [6, 6.07) is 15.3. The molecule has 0 amide bonds. The van der Waals surface area contributed by atoms with E-state index in [1.165, 1.54) is 11.1 Å². The van der Waals surface area contributed by atoms with Crippen LogP contribution < -0.4 is 10.7 Å². The van der Waals surface area contributed by atoms with Crippen LogP contribution in [0.1, 0.15) is 50.7 Å². The predicted octanol–water partition coefficient (Wildman–Crippen LogP) is 5.04. The Labute approximate surface area is 126 Å². The molecule has 0 fully saturated rings. The van der Waals surface area contributed by atoms with Gasteiger partial charge in [-0.05, 0) is 35.1 Å². The molecule has 0 spiro atoms. The van der Waals surface area contributed by atoms with E-state index in [-0.39, 0.29) is 5.43 Å². The minimum Gasteiger partial charge on any atom is -0.352 e. The van der Waals surface area contributed by atoms with Crippen LogP contribution in [0.4, 0.5) is 11.4 Å². The monoisotopic (exact) mass is 281 g/mol. The highest BCUT2D eigenvalue weighted by molar-refractivity contribution is 5.68. The van der Waals surface area contributed by atoms with Crippen LogP contribution in [0.3, 0.4) is 0 Å². The van der Waals surface area contributed by atoms with E-state index in [0.717, 1.165) is 5.69 Å². The Morgan fingerprint density at radius 2 is 1.33 bits per heavy atom. The van der Waals surface area contributed by atoms with Gasteiger partial charge in [0, 0.05) is 5.69 Å². The molecule has 2 aromatic carbocycles. The van der Waals surface area contributed by atoms with Crippen molar-refractivity contribution < 1.29 is 0 Å². The molecule has 21 heavy (non-hydrogen) atoms. The summed E-state index contributed by atoms with van der Waals surface area (Å²) >= 11 is 0. The van der Waals surface area contributed by atoms with Gasteiger partial charge in [0.15, 0.2) is 0 Å². The molecule has 0 bridgehead atoms. The van der Waals surface area contributed by atoms with Crippen molar-refractivity contribution in [3.8, 4) is 0 Å². The minimum absolute atomic E-state index is 0.00765. The number of rotatable bonds is 4. The fraction of sp³-hybridized carbons (Fsp3) is 0.316. The van der Waals surface area contributed by atoms with Gasteiger partial charge in [0.2, 0.25) is 5.43 Å². The van der Waals surface area contributed by atoms with Gasteiger partial charge in [0.05, 0.1) is 5.69 Å². The Morgan fingerprint density at radius 1 is 0.762 bits per heavy atom. The topological polar surface area (TPSA) is 29.1 Å². The summed E-state index contributed by atoms with van der Waals surface area (Å²) < 4.78 is 0. The van der Waals surface area contributed by atoms with Gasteiger partial charge < -0.3 is 5.32 Å². The quantitative estimate of drug-likeness (QED) is 0.851. The Balaban J connectivity index is 2.57. The van der Waals surface area contributed by atoms with Crippen LogP contribution in [-0.4, -0.2) is 0 Å². The molecule has 110 valence electrons. The van der Waals surface area contributed by atoms with Crippen molar-refractivity contribution in [2.45, 2.75) is 39.5 Å². The molecule has 0 atom stereocenters. The van der Waals surface area contributed by atoms with E-state index in [0.29, 0.717) is 17.5 Å². The normalized spacial score (nSPS) is 11.0. The molecule has 2 rings (SSSR count). The molecule has 2 aromatic rings. The molecule has 0 aliphatic rings. The first-order valence-electron chi connectivity index (χ1n) is 7.50. The van der Waals surface area contributed by atoms with Crippen molar-refractivity contribution in [1.82, 2.24) is 0 Å². The molecule has 0 unspecified atom stereocenters. The molecule has 0 radical (unpaired) electrons. The number of hydrogen-bond donors (Lipinski definition) is 1. The highest BCUT2D eigenvalue weighted by Gasteiger charge is 2.14. The average Bonchev–Trinajstić information content (AvgIpc) is 2.64. The van der Waals surface area contributed by atoms with Crippen LogP contribution in [0, 0.1) is 0 Å². The molecule has 1 N–H and O–H groups in total. The van der Waals surface area contributed by atoms with Crippen molar-refractivity contribution in [3.63, 3.8) is 0 Å². The summed E-state index contributed by atoms with van der Waals surface area (Å²) in [7, 11) is 0. The van der Waals surface area contributed by atoms with E-state index in [1.807, 2.05) is 18.2 Å². The van der Waals surface area contributed by atoms with Crippen molar-refractivity contribution in [1.29, 1.82) is 0 Å². The summed E-state index contributed by atoms with van der Waals surface area (Å²) in [6.07, 6.45) is 0. The van der Waals surface area contributed by atoms with E-state index in [4.69, 9.17) is 0 Å². The van der Waals surface area contributed by atoms with Gasteiger partial charge in [-0.2, -0.15) is 0 Å². The number of benzene rings is 1. The number of para-hydroxylation sites is 1. The average molecular weight is 281 g/mol. The molecule has 0 aliphatic heterocycles. The summed E-state index contributed by atoms with van der Waals surface area (Å²) in [5, 5.41) is 3.38. The second-order valence-electron chi connectivity index (χ2n) is 5.93. The van der Waals surface area contributed by atoms with E-state index in [2.05, 4.69) is 51.2 Å². The summed E-state index contributed by atoms with van der Waals surface area (Å²) in [5.74, 6) is 0.803. The fourth-order valence-corrected chi connectivity index (χ4v) is 2.46. The third-order valence-electron chi connectivity index (χ3n) is 3.63. The smallest absolute Gasteiger partial charge is 0.201 e. The maximum atomic E-state index is 12.1. The molecule has 2 heteroatoms. The van der Waals surface area contributed by atoms with Crippen molar-refractivity contribution in [2.75, 3.05) is 5.32 Å². The highest BCUT2D eigenvalue weighted by Crippen LogP contribution is 2.33. The predicted molar refractivity (Wildman–Crippen MR) is 90.6 cm³/mol. The van der Waals surface area contributed by atoms with Crippen molar-refractivity contribution >= 4 is 11.4 Å². The highest BCUT2D eigenvalue weighted by atomic mass is 16.1. The molecule has 2 nitrogen and oxygen atoms in total. The fourth-order valence-electron chi connectivity index (χ4n) is 2.46. The van der Waals surface area contributed by atoms with E-state index in [9.17, 15) is 4.79 Å². The molecule has 0 aliphatic carbocycles. The molecular formula is C19H23NO. The summed E-state index contributed by atoms with van der Waals surface area (Å²) in [5.41, 5.74) is 4.19. The van der Waals surface area contributed by atoms with Crippen LogP contribution in [0.25, 0.3) is 0 Å². The van der Waals surface area contributed by atoms with Gasteiger partial charge in [-0.15, -0.1) is 0 Å². The first-order valence-corrected chi connectivity index (χ1v) is 7.50. The first-order chi connectivity index (χ1) is 10.0. The third kappa shape index (κ3) is 3.52. The zero-order valence-electron chi connectivity index (χ0n) is 13.2. The van der Waals surface area contributed by atoms with E-state index >= 15 is 0 Å². The second-order valence-corrected chi connectivity index (χ2v) is 5.93. The Bertz CT molecular complexity index is 648. The lowest BCUT2D eigenvalue weighted by Gasteiger charge is -2.20. The lowest BCUT2D eigenvalue weighted by molar-refractivity contribution is 0.838. The van der Waals surface area contributed by atoms with Crippen LogP contribution in [0.15, 0.2) is 53.3 Å². The zero-order valence-corrected chi connectivity index (χ0v) is 13.2. The zero-order chi connectivity index (χ0) is 15.4. The van der Waals surface area contributed by atoms with Gasteiger partial charge >= 0.3 is 0 Å². The largest absolute Gasteiger partial charge is 0.352 e. The van der Waals surface area contributed by atoms with Crippen LogP contribution >= 0.6 is 0 Å². The van der Waals surface area contributed by atoms with Gasteiger partial charge in [-0.1, -0.05) is 64.1 Å². The maximum absolute atomic E-state index is 12.1. The minimum atomic E-state index is 0.00765. The standard InChI is InChI=1S/C19H23NO/c1-13(2)15-9-8-10-16(14(3)4)19(15)20-17-11-6-5-7-12-18(17)21/h5-14H,1-4H3,(H,20,21). The number of anilines is 2. The molecule has 0 saturated carbocycles. The number of nitrogens with one attached hydrogen (secondary N) is 1.